The number of allylic oxidation sites excluding steroid dienone is 2. The smallest absolute Gasteiger partial charge is 0.337 e. The largest absolute Gasteiger partial charge is 0.497 e. The number of nitro groups is 1. The topological polar surface area (TPSA) is 108 Å². The van der Waals surface area contributed by atoms with Gasteiger partial charge in [-0.05, 0) is 54.8 Å². The van der Waals surface area contributed by atoms with Gasteiger partial charge in [0.1, 0.15) is 19.0 Å². The Kier molecular flexibility index (Phi) is 9.38. The Morgan fingerprint density at radius 3 is 1.71 bits per heavy atom. The van der Waals surface area contributed by atoms with E-state index in [0.717, 1.165) is 11.1 Å². The zero-order valence-electron chi connectivity index (χ0n) is 25.1. The molecular formula is C36H32N2O7. The second-order valence-electron chi connectivity index (χ2n) is 10.4. The summed E-state index contributed by atoms with van der Waals surface area (Å²) in [6, 6.07) is 31.6. The van der Waals surface area contributed by atoms with Gasteiger partial charge in [-0.15, -0.1) is 0 Å². The number of carbonyl (C=O) groups is 2. The van der Waals surface area contributed by atoms with Gasteiger partial charge in [0.2, 0.25) is 0 Å². The van der Waals surface area contributed by atoms with Gasteiger partial charge >= 0.3 is 11.9 Å². The van der Waals surface area contributed by atoms with E-state index < -0.39 is 22.8 Å². The number of hydrogen-bond acceptors (Lipinski definition) is 8. The Bertz CT molecular complexity index is 1680. The molecule has 0 unspecified atom stereocenters. The SMILES string of the molecule is COc1ccc(N2C(C)=C(C(=O)OCc3ccccc3)C(c3cccc([N+](=O)[O-])c3)C(C(=O)OCc3ccccc3)=C2C)cc1. The van der Waals surface area contributed by atoms with Gasteiger partial charge in [0.05, 0.1) is 29.1 Å². The van der Waals surface area contributed by atoms with Gasteiger partial charge < -0.3 is 19.1 Å². The molecule has 4 aromatic rings. The first-order valence-corrected chi connectivity index (χ1v) is 14.3. The number of ether oxygens (including phenoxy) is 3. The fourth-order valence-electron chi connectivity index (χ4n) is 5.46. The molecule has 0 spiro atoms. The van der Waals surface area contributed by atoms with Crippen molar-refractivity contribution in [3.63, 3.8) is 0 Å². The molecule has 9 nitrogen and oxygen atoms in total. The van der Waals surface area contributed by atoms with E-state index in [1.165, 1.54) is 18.2 Å². The van der Waals surface area contributed by atoms with Crippen LogP contribution < -0.4 is 9.64 Å². The minimum Gasteiger partial charge on any atom is -0.497 e. The summed E-state index contributed by atoms with van der Waals surface area (Å²) in [6.45, 7) is 3.53. The minimum absolute atomic E-state index is 0.00285. The van der Waals surface area contributed by atoms with Crippen LogP contribution in [0.25, 0.3) is 0 Å². The Hall–Kier alpha value is -5.70. The molecule has 0 saturated carbocycles. The highest BCUT2D eigenvalue weighted by atomic mass is 16.6. The van der Waals surface area contributed by atoms with Crippen LogP contribution in [0.2, 0.25) is 0 Å². The molecule has 9 heteroatoms. The Morgan fingerprint density at radius 2 is 1.24 bits per heavy atom. The number of anilines is 1. The highest BCUT2D eigenvalue weighted by Gasteiger charge is 2.41. The third kappa shape index (κ3) is 6.78. The summed E-state index contributed by atoms with van der Waals surface area (Å²) in [7, 11) is 1.57. The number of rotatable bonds is 10. The van der Waals surface area contributed by atoms with Crippen LogP contribution in [-0.2, 0) is 32.3 Å². The molecule has 0 bridgehead atoms. The van der Waals surface area contributed by atoms with Crippen molar-refractivity contribution in [3.8, 4) is 5.75 Å². The standard InChI is InChI=1S/C36H32N2O7/c1-24-32(35(39)44-22-26-11-6-4-7-12-26)34(28-15-10-16-30(21-28)38(41)42)33(36(40)45-23-27-13-8-5-9-14-27)25(2)37(24)29-17-19-31(43-3)20-18-29/h4-21,34H,22-23H2,1-3H3. The number of methoxy groups -OCH3 is 1. The van der Waals surface area contributed by atoms with Gasteiger partial charge in [-0.25, -0.2) is 9.59 Å². The highest BCUT2D eigenvalue weighted by molar-refractivity contribution is 6.01. The van der Waals surface area contributed by atoms with Gasteiger partial charge in [0, 0.05) is 29.2 Å². The van der Waals surface area contributed by atoms with Crippen molar-refractivity contribution in [1.29, 1.82) is 0 Å². The van der Waals surface area contributed by atoms with Crippen molar-refractivity contribution < 1.29 is 28.7 Å². The van der Waals surface area contributed by atoms with Crippen molar-refractivity contribution in [2.45, 2.75) is 33.0 Å². The fourth-order valence-corrected chi connectivity index (χ4v) is 5.46. The molecule has 1 aliphatic heterocycles. The number of hydrogen-bond donors (Lipinski definition) is 0. The van der Waals surface area contributed by atoms with Crippen LogP contribution in [-0.4, -0.2) is 24.0 Å². The van der Waals surface area contributed by atoms with E-state index in [9.17, 15) is 19.7 Å². The third-order valence-electron chi connectivity index (χ3n) is 7.64. The number of benzene rings is 4. The minimum atomic E-state index is -1.01. The van der Waals surface area contributed by atoms with Crippen molar-refractivity contribution in [3.05, 3.63) is 159 Å². The highest BCUT2D eigenvalue weighted by Crippen LogP contribution is 2.45. The molecule has 0 saturated heterocycles. The molecule has 0 fully saturated rings. The molecule has 0 aliphatic carbocycles. The Balaban J connectivity index is 1.66. The van der Waals surface area contributed by atoms with Crippen molar-refractivity contribution in [2.24, 2.45) is 0 Å². The number of nitro benzene ring substituents is 1. The molecule has 45 heavy (non-hydrogen) atoms. The first kappa shape index (κ1) is 30.7. The molecule has 0 aromatic heterocycles. The fraction of sp³-hybridized carbons (Fsp3) is 0.167. The van der Waals surface area contributed by atoms with Crippen molar-refractivity contribution in [1.82, 2.24) is 0 Å². The van der Waals surface area contributed by atoms with E-state index in [1.54, 1.807) is 44.1 Å². The lowest BCUT2D eigenvalue weighted by atomic mass is 9.79. The molecule has 1 heterocycles. The number of nitrogens with zero attached hydrogens (tertiary/aromatic N) is 2. The lowest BCUT2D eigenvalue weighted by molar-refractivity contribution is -0.384. The van der Waals surface area contributed by atoms with Gasteiger partial charge in [-0.3, -0.25) is 10.1 Å². The predicted octanol–water partition coefficient (Wildman–Crippen LogP) is 7.24. The van der Waals surface area contributed by atoms with E-state index in [4.69, 9.17) is 14.2 Å². The lowest BCUT2D eigenvalue weighted by Gasteiger charge is -2.38. The van der Waals surface area contributed by atoms with Crippen LogP contribution in [0.15, 0.2) is 132 Å². The predicted molar refractivity (Wildman–Crippen MR) is 169 cm³/mol. The second kappa shape index (κ2) is 13.7. The molecule has 5 rings (SSSR count). The average molecular weight is 605 g/mol. The van der Waals surface area contributed by atoms with Crippen molar-refractivity contribution in [2.75, 3.05) is 12.0 Å². The summed E-state index contributed by atoms with van der Waals surface area (Å²) in [4.78, 5) is 41.2. The third-order valence-corrected chi connectivity index (χ3v) is 7.64. The summed E-state index contributed by atoms with van der Waals surface area (Å²) in [5.41, 5.74) is 3.80. The molecule has 0 N–H and O–H groups in total. The van der Waals surface area contributed by atoms with Crippen LogP contribution in [0.1, 0.15) is 36.5 Å². The van der Waals surface area contributed by atoms with E-state index >= 15 is 0 Å². The summed E-state index contributed by atoms with van der Waals surface area (Å²) >= 11 is 0. The molecule has 0 radical (unpaired) electrons. The maximum Gasteiger partial charge on any atom is 0.337 e. The molecule has 0 amide bonds. The molecule has 0 atom stereocenters. The van der Waals surface area contributed by atoms with E-state index in [1.807, 2.05) is 72.8 Å². The average Bonchev–Trinajstić information content (AvgIpc) is 3.07. The number of non-ortho nitro benzene ring substituents is 1. The zero-order chi connectivity index (χ0) is 31.9. The quantitative estimate of drug-likeness (QED) is 0.106. The van der Waals surface area contributed by atoms with Crippen LogP contribution in [0, 0.1) is 10.1 Å². The van der Waals surface area contributed by atoms with Crippen LogP contribution in [0.3, 0.4) is 0 Å². The van der Waals surface area contributed by atoms with Crippen LogP contribution >= 0.6 is 0 Å². The summed E-state index contributed by atoms with van der Waals surface area (Å²) in [5.74, 6) is -1.69. The maximum absolute atomic E-state index is 14.1. The molecule has 228 valence electrons. The van der Waals surface area contributed by atoms with Gasteiger partial charge in [-0.2, -0.15) is 0 Å². The second-order valence-corrected chi connectivity index (χ2v) is 10.4. The monoisotopic (exact) mass is 604 g/mol. The van der Waals surface area contributed by atoms with Gasteiger partial charge in [0.15, 0.2) is 0 Å². The lowest BCUT2D eigenvalue weighted by Crippen LogP contribution is -2.35. The van der Waals surface area contributed by atoms with Crippen LogP contribution in [0.5, 0.6) is 5.75 Å². The summed E-state index contributed by atoms with van der Waals surface area (Å²) < 4.78 is 17.0. The van der Waals surface area contributed by atoms with E-state index in [-0.39, 0.29) is 30.0 Å². The Morgan fingerprint density at radius 1 is 0.733 bits per heavy atom. The van der Waals surface area contributed by atoms with Gasteiger partial charge in [-0.1, -0.05) is 72.8 Å². The zero-order valence-corrected chi connectivity index (χ0v) is 25.1. The molecular weight excluding hydrogens is 572 g/mol. The Labute approximate surface area is 261 Å². The van der Waals surface area contributed by atoms with Crippen molar-refractivity contribution >= 4 is 23.3 Å². The number of carbonyl (C=O) groups excluding carboxylic acids is 2. The maximum atomic E-state index is 14.1. The van der Waals surface area contributed by atoms with E-state index in [0.29, 0.717) is 28.4 Å². The van der Waals surface area contributed by atoms with Crippen LogP contribution in [0.4, 0.5) is 11.4 Å². The molecule has 1 aliphatic rings. The van der Waals surface area contributed by atoms with E-state index in [2.05, 4.69) is 0 Å². The number of esters is 2. The molecule has 4 aromatic carbocycles. The first-order chi connectivity index (χ1) is 21.8. The summed E-state index contributed by atoms with van der Waals surface area (Å²) in [5, 5.41) is 11.8. The summed E-state index contributed by atoms with van der Waals surface area (Å²) in [6.07, 6.45) is 0. The first-order valence-electron chi connectivity index (χ1n) is 14.3. The van der Waals surface area contributed by atoms with Gasteiger partial charge in [0.25, 0.3) is 5.69 Å². The normalized spacial score (nSPS) is 13.4.